The predicted octanol–water partition coefficient (Wildman–Crippen LogP) is 3.22. The highest BCUT2D eigenvalue weighted by Gasteiger charge is 2.30. The van der Waals surface area contributed by atoms with Crippen LogP contribution in [0.5, 0.6) is 0 Å². The quantitative estimate of drug-likeness (QED) is 0.676. The summed E-state index contributed by atoms with van der Waals surface area (Å²) in [5.74, 6) is 0.0876. The first kappa shape index (κ1) is 17.7. The summed E-state index contributed by atoms with van der Waals surface area (Å²) < 4.78 is 5.21. The Hall–Kier alpha value is -1.62. The second-order valence-corrected chi connectivity index (χ2v) is 6.63. The number of esters is 1. The number of carbonyl (C=O) groups excluding carboxylic acids is 2. The van der Waals surface area contributed by atoms with E-state index in [0.29, 0.717) is 11.8 Å². The number of aromatic nitrogens is 1. The molecule has 1 heterocycles. The largest absolute Gasteiger partial charge is 0.449 e. The molecule has 0 radical (unpaired) electrons. The highest BCUT2D eigenvalue weighted by molar-refractivity contribution is 6.32. The molecule has 1 aliphatic carbocycles. The van der Waals surface area contributed by atoms with Crippen LogP contribution in [0.1, 0.15) is 50.4 Å². The molecule has 1 fully saturated rings. The molecule has 0 unspecified atom stereocenters. The molecule has 0 saturated heterocycles. The fraction of sp³-hybridized carbons (Fsp3) is 0.588. The molecule has 6 heteroatoms. The van der Waals surface area contributed by atoms with E-state index in [9.17, 15) is 9.59 Å². The molecule has 5 nitrogen and oxygen atoms in total. The van der Waals surface area contributed by atoms with Gasteiger partial charge in [-0.2, -0.15) is 0 Å². The summed E-state index contributed by atoms with van der Waals surface area (Å²) in [6.07, 6.45) is 3.88. The third kappa shape index (κ3) is 4.44. The van der Waals surface area contributed by atoms with E-state index in [2.05, 4.69) is 24.1 Å². The maximum Gasteiger partial charge on any atom is 0.342 e. The van der Waals surface area contributed by atoms with E-state index in [4.69, 9.17) is 16.3 Å². The molecular formula is C17H23ClN2O3. The monoisotopic (exact) mass is 338 g/mol. The number of amides is 1. The van der Waals surface area contributed by atoms with Gasteiger partial charge < -0.3 is 10.1 Å². The third-order valence-corrected chi connectivity index (χ3v) is 4.97. The van der Waals surface area contributed by atoms with Gasteiger partial charge in [-0.25, -0.2) is 9.78 Å². The number of hydrogen-bond donors (Lipinski definition) is 1. The number of rotatable bonds is 4. The summed E-state index contributed by atoms with van der Waals surface area (Å²) in [6, 6.07) is 3.25. The lowest BCUT2D eigenvalue weighted by Crippen LogP contribution is -2.47. The molecule has 1 N–H and O–H groups in total. The first-order chi connectivity index (χ1) is 10.9. The van der Waals surface area contributed by atoms with Crippen molar-refractivity contribution >= 4 is 23.5 Å². The van der Waals surface area contributed by atoms with Crippen LogP contribution in [0, 0.1) is 11.8 Å². The van der Waals surface area contributed by atoms with Crippen molar-refractivity contribution in [1.29, 1.82) is 0 Å². The van der Waals surface area contributed by atoms with Gasteiger partial charge in [0.05, 0.1) is 5.56 Å². The van der Waals surface area contributed by atoms with E-state index in [0.717, 1.165) is 12.8 Å². The van der Waals surface area contributed by atoms with Crippen molar-refractivity contribution in [2.45, 2.75) is 52.2 Å². The Labute approximate surface area is 141 Å². The van der Waals surface area contributed by atoms with Gasteiger partial charge in [0.25, 0.3) is 5.91 Å². The molecule has 1 aromatic heterocycles. The molecule has 2 rings (SSSR count). The summed E-state index contributed by atoms with van der Waals surface area (Å²) in [6.45, 7) is 5.92. The highest BCUT2D eigenvalue weighted by Crippen LogP contribution is 2.29. The maximum absolute atomic E-state index is 12.3. The summed E-state index contributed by atoms with van der Waals surface area (Å²) >= 11 is 5.86. The number of ether oxygens (including phenoxy) is 1. The fourth-order valence-electron chi connectivity index (χ4n) is 2.90. The van der Waals surface area contributed by atoms with E-state index in [1.54, 1.807) is 13.0 Å². The Morgan fingerprint density at radius 1 is 1.39 bits per heavy atom. The van der Waals surface area contributed by atoms with Gasteiger partial charge in [0.15, 0.2) is 6.10 Å². The van der Waals surface area contributed by atoms with Crippen molar-refractivity contribution in [1.82, 2.24) is 10.3 Å². The first-order valence-corrected chi connectivity index (χ1v) is 8.39. The van der Waals surface area contributed by atoms with Crippen LogP contribution in [-0.2, 0) is 9.53 Å². The van der Waals surface area contributed by atoms with Crippen LogP contribution in [-0.4, -0.2) is 29.0 Å². The molecule has 0 aromatic carbocycles. The molecule has 0 spiro atoms. The number of hydrogen-bond acceptors (Lipinski definition) is 4. The SMILES string of the molecule is C[C@@H]1[C@H](C)CCC[C@H]1NC(=O)[C@@H](C)OC(=O)c1cccnc1Cl. The smallest absolute Gasteiger partial charge is 0.342 e. The molecule has 1 aliphatic rings. The van der Waals surface area contributed by atoms with E-state index in [1.165, 1.54) is 18.7 Å². The van der Waals surface area contributed by atoms with Gasteiger partial charge in [-0.15, -0.1) is 0 Å². The lowest BCUT2D eigenvalue weighted by Gasteiger charge is -2.35. The van der Waals surface area contributed by atoms with Gasteiger partial charge in [-0.3, -0.25) is 4.79 Å². The van der Waals surface area contributed by atoms with Crippen LogP contribution >= 0.6 is 11.6 Å². The molecular weight excluding hydrogens is 316 g/mol. The van der Waals surface area contributed by atoms with Crippen molar-refractivity contribution in [3.63, 3.8) is 0 Å². The Morgan fingerprint density at radius 2 is 2.13 bits per heavy atom. The number of nitrogens with zero attached hydrogens (tertiary/aromatic N) is 1. The maximum atomic E-state index is 12.3. The zero-order chi connectivity index (χ0) is 17.0. The average molecular weight is 339 g/mol. The summed E-state index contributed by atoms with van der Waals surface area (Å²) in [4.78, 5) is 28.2. The van der Waals surface area contributed by atoms with Crippen LogP contribution in [0.3, 0.4) is 0 Å². The minimum atomic E-state index is -0.872. The van der Waals surface area contributed by atoms with Gasteiger partial charge in [0.1, 0.15) is 5.15 Å². The van der Waals surface area contributed by atoms with E-state index in [-0.39, 0.29) is 22.7 Å². The second-order valence-electron chi connectivity index (χ2n) is 6.27. The topological polar surface area (TPSA) is 68.3 Å². The highest BCUT2D eigenvalue weighted by atomic mass is 35.5. The zero-order valence-electron chi connectivity index (χ0n) is 13.7. The molecule has 126 valence electrons. The number of nitrogens with one attached hydrogen (secondary N) is 1. The third-order valence-electron chi connectivity index (χ3n) is 4.67. The Kier molecular flexibility index (Phi) is 5.99. The average Bonchev–Trinajstić information content (AvgIpc) is 2.52. The lowest BCUT2D eigenvalue weighted by atomic mass is 9.78. The number of carbonyl (C=O) groups is 2. The van der Waals surface area contributed by atoms with E-state index in [1.807, 2.05) is 0 Å². The fourth-order valence-corrected chi connectivity index (χ4v) is 3.10. The normalized spacial score (nSPS) is 25.5. The van der Waals surface area contributed by atoms with Crippen molar-refractivity contribution in [2.24, 2.45) is 11.8 Å². The Morgan fingerprint density at radius 3 is 2.83 bits per heavy atom. The van der Waals surface area contributed by atoms with Crippen molar-refractivity contribution in [3.05, 3.63) is 29.0 Å². The van der Waals surface area contributed by atoms with E-state index >= 15 is 0 Å². The molecule has 1 saturated carbocycles. The standard InChI is InChI=1S/C17H23ClN2O3/c1-10-6-4-8-14(11(10)2)20-16(21)12(3)23-17(22)13-7-5-9-19-15(13)18/h5,7,9-12,14H,4,6,8H2,1-3H3,(H,20,21)/t10-,11-,12-,14-/m1/s1. The van der Waals surface area contributed by atoms with Crippen LogP contribution in [0.15, 0.2) is 18.3 Å². The van der Waals surface area contributed by atoms with Crippen LogP contribution in [0.25, 0.3) is 0 Å². The van der Waals surface area contributed by atoms with Crippen LogP contribution < -0.4 is 5.32 Å². The van der Waals surface area contributed by atoms with Gasteiger partial charge in [-0.05, 0) is 37.3 Å². The molecule has 4 atom stereocenters. The molecule has 1 amide bonds. The number of pyridine rings is 1. The summed E-state index contributed by atoms with van der Waals surface area (Å²) in [5, 5.41) is 3.07. The van der Waals surface area contributed by atoms with Crippen molar-refractivity contribution in [3.8, 4) is 0 Å². The first-order valence-electron chi connectivity index (χ1n) is 8.02. The minimum absolute atomic E-state index is 0.0693. The van der Waals surface area contributed by atoms with Gasteiger partial charge in [0.2, 0.25) is 0 Å². The van der Waals surface area contributed by atoms with Gasteiger partial charge in [0, 0.05) is 12.2 Å². The Bertz CT molecular complexity index is 579. The second kappa shape index (κ2) is 7.77. The minimum Gasteiger partial charge on any atom is -0.449 e. The summed E-state index contributed by atoms with van der Waals surface area (Å²) in [7, 11) is 0. The van der Waals surface area contributed by atoms with Gasteiger partial charge in [-0.1, -0.05) is 38.3 Å². The molecule has 23 heavy (non-hydrogen) atoms. The Balaban J connectivity index is 1.92. The summed E-state index contributed by atoms with van der Waals surface area (Å²) in [5.41, 5.74) is 0.161. The van der Waals surface area contributed by atoms with Crippen LogP contribution in [0.4, 0.5) is 0 Å². The van der Waals surface area contributed by atoms with Gasteiger partial charge >= 0.3 is 5.97 Å². The zero-order valence-corrected chi connectivity index (χ0v) is 14.5. The van der Waals surface area contributed by atoms with Crippen LogP contribution in [0.2, 0.25) is 5.15 Å². The number of halogens is 1. The predicted molar refractivity (Wildman–Crippen MR) is 88.2 cm³/mol. The van der Waals surface area contributed by atoms with Crippen molar-refractivity contribution < 1.29 is 14.3 Å². The molecule has 0 bridgehead atoms. The lowest BCUT2D eigenvalue weighted by molar-refractivity contribution is -0.130. The molecule has 1 aromatic rings. The van der Waals surface area contributed by atoms with E-state index < -0.39 is 12.1 Å². The van der Waals surface area contributed by atoms with Crippen molar-refractivity contribution in [2.75, 3.05) is 0 Å². The molecule has 0 aliphatic heterocycles.